The Morgan fingerprint density at radius 2 is 2.56 bits per heavy atom. The zero-order valence-corrected chi connectivity index (χ0v) is 5.00. The Bertz CT molecular complexity index is 200. The first-order valence-corrected chi connectivity index (χ1v) is 2.48. The van der Waals surface area contributed by atoms with Crippen LogP contribution in [0.1, 0.15) is 0 Å². The number of hydrogen-bond acceptors (Lipinski definition) is 2. The zero-order valence-electron chi connectivity index (χ0n) is 5.00. The first-order valence-electron chi connectivity index (χ1n) is 2.48. The number of ether oxygens (including phenoxy) is 1. The lowest BCUT2D eigenvalue weighted by molar-refractivity contribution is -0.610. The van der Waals surface area contributed by atoms with E-state index in [1.54, 1.807) is 12.1 Å². The van der Waals surface area contributed by atoms with E-state index in [0.717, 1.165) is 0 Å². The quantitative estimate of drug-likeness (QED) is 0.394. The van der Waals surface area contributed by atoms with Crippen LogP contribution < -0.4 is 9.47 Å². The van der Waals surface area contributed by atoms with E-state index in [1.807, 2.05) is 0 Å². The minimum Gasteiger partial charge on any atom is -0.618 e. The first kappa shape index (κ1) is 5.88. The second-order valence-electron chi connectivity index (χ2n) is 1.51. The van der Waals surface area contributed by atoms with Gasteiger partial charge in [0.05, 0.1) is 7.11 Å². The zero-order chi connectivity index (χ0) is 6.69. The van der Waals surface area contributed by atoms with Crippen LogP contribution in [0.15, 0.2) is 18.3 Å². The van der Waals surface area contributed by atoms with E-state index in [1.165, 1.54) is 13.3 Å². The van der Waals surface area contributed by atoms with Gasteiger partial charge in [-0.05, 0) is 6.07 Å². The SMILES string of the molecule is COc1[c][n+]([O-])ccc1. The monoisotopic (exact) mass is 124 g/mol. The van der Waals surface area contributed by atoms with Crippen LogP contribution in [0.25, 0.3) is 0 Å². The highest BCUT2D eigenvalue weighted by atomic mass is 16.5. The summed E-state index contributed by atoms with van der Waals surface area (Å²) >= 11 is 0. The Balaban J connectivity index is 2.94. The number of nitrogens with zero attached hydrogens (tertiary/aromatic N) is 1. The molecule has 0 spiro atoms. The average Bonchev–Trinajstić information content (AvgIpc) is 1.88. The topological polar surface area (TPSA) is 36.2 Å². The molecule has 0 atom stereocenters. The van der Waals surface area contributed by atoms with Crippen LogP contribution in [0.4, 0.5) is 0 Å². The summed E-state index contributed by atoms with van der Waals surface area (Å²) in [6.45, 7) is 0. The molecule has 0 saturated heterocycles. The van der Waals surface area contributed by atoms with E-state index in [-0.39, 0.29) is 0 Å². The second-order valence-corrected chi connectivity index (χ2v) is 1.51. The highest BCUT2D eigenvalue weighted by molar-refractivity contribution is 5.10. The summed E-state index contributed by atoms with van der Waals surface area (Å²) < 4.78 is 5.29. The van der Waals surface area contributed by atoms with Crippen molar-refractivity contribution in [2.24, 2.45) is 0 Å². The molecule has 0 amide bonds. The van der Waals surface area contributed by atoms with Gasteiger partial charge in [-0.3, -0.25) is 0 Å². The molecule has 0 saturated carbocycles. The van der Waals surface area contributed by atoms with Crippen LogP contribution in [0.2, 0.25) is 0 Å². The highest BCUT2D eigenvalue weighted by Gasteiger charge is 1.94. The molecule has 0 aromatic carbocycles. The van der Waals surface area contributed by atoms with Gasteiger partial charge in [0.25, 0.3) is 0 Å². The Kier molecular flexibility index (Phi) is 1.53. The first-order chi connectivity index (χ1) is 4.33. The van der Waals surface area contributed by atoms with E-state index in [4.69, 9.17) is 4.74 Å². The van der Waals surface area contributed by atoms with Gasteiger partial charge in [-0.1, -0.05) is 0 Å². The fraction of sp³-hybridized carbons (Fsp3) is 0.167. The minimum atomic E-state index is 0.451. The number of aromatic nitrogens is 1. The van der Waals surface area contributed by atoms with Crippen molar-refractivity contribution in [1.82, 2.24) is 0 Å². The van der Waals surface area contributed by atoms with Crippen LogP contribution in [0, 0.1) is 11.4 Å². The van der Waals surface area contributed by atoms with Crippen LogP contribution in [0.5, 0.6) is 5.75 Å². The molecule has 0 bridgehead atoms. The maximum atomic E-state index is 10.4. The molecule has 0 unspecified atom stereocenters. The van der Waals surface area contributed by atoms with Gasteiger partial charge in [0.1, 0.15) is 0 Å². The smallest absolute Gasteiger partial charge is 0.336 e. The number of pyridine rings is 1. The Hall–Kier alpha value is -1.25. The van der Waals surface area contributed by atoms with Crippen molar-refractivity contribution >= 4 is 0 Å². The number of hydrogen-bond donors (Lipinski definition) is 0. The van der Waals surface area contributed by atoms with Crippen LogP contribution in [-0.4, -0.2) is 7.11 Å². The summed E-state index contributed by atoms with van der Waals surface area (Å²) in [6.07, 6.45) is 3.75. The van der Waals surface area contributed by atoms with Crippen molar-refractivity contribution in [1.29, 1.82) is 0 Å². The van der Waals surface area contributed by atoms with Crippen molar-refractivity contribution < 1.29 is 9.47 Å². The third kappa shape index (κ3) is 1.32. The summed E-state index contributed by atoms with van der Waals surface area (Å²) in [4.78, 5) is 0. The van der Waals surface area contributed by atoms with Gasteiger partial charge in [-0.2, -0.15) is 4.73 Å². The van der Waals surface area contributed by atoms with Gasteiger partial charge >= 0.3 is 6.20 Å². The highest BCUT2D eigenvalue weighted by Crippen LogP contribution is 2.00. The molecular weight excluding hydrogens is 118 g/mol. The Morgan fingerprint density at radius 3 is 3.00 bits per heavy atom. The van der Waals surface area contributed by atoms with Crippen LogP contribution in [0.3, 0.4) is 0 Å². The molecular formula is C6H6NO2. The lowest BCUT2D eigenvalue weighted by atomic mass is 10.5. The number of rotatable bonds is 1. The summed E-state index contributed by atoms with van der Waals surface area (Å²) in [5, 5.41) is 10.4. The van der Waals surface area contributed by atoms with E-state index in [2.05, 4.69) is 6.20 Å². The van der Waals surface area contributed by atoms with Gasteiger partial charge in [-0.15, -0.1) is 0 Å². The van der Waals surface area contributed by atoms with E-state index in [0.29, 0.717) is 10.5 Å². The van der Waals surface area contributed by atoms with Crippen LogP contribution in [-0.2, 0) is 0 Å². The summed E-state index contributed by atoms with van der Waals surface area (Å²) in [6, 6.07) is 3.26. The molecule has 47 valence electrons. The van der Waals surface area contributed by atoms with Crippen LogP contribution >= 0.6 is 0 Å². The fourth-order valence-corrected chi connectivity index (χ4v) is 0.505. The molecule has 1 radical (unpaired) electrons. The molecule has 0 fully saturated rings. The summed E-state index contributed by atoms with van der Waals surface area (Å²) in [5.41, 5.74) is 0. The summed E-state index contributed by atoms with van der Waals surface area (Å²) in [7, 11) is 1.49. The average molecular weight is 124 g/mol. The molecule has 0 N–H and O–H groups in total. The van der Waals surface area contributed by atoms with Crippen molar-refractivity contribution in [2.75, 3.05) is 7.11 Å². The van der Waals surface area contributed by atoms with Crippen molar-refractivity contribution in [3.8, 4) is 5.75 Å². The number of methoxy groups -OCH3 is 1. The fourth-order valence-electron chi connectivity index (χ4n) is 0.505. The molecule has 9 heavy (non-hydrogen) atoms. The molecule has 3 nitrogen and oxygen atoms in total. The van der Waals surface area contributed by atoms with Crippen molar-refractivity contribution in [3.05, 3.63) is 29.7 Å². The molecule has 1 aromatic heterocycles. The molecule has 3 heteroatoms. The maximum absolute atomic E-state index is 10.4. The molecule has 0 aliphatic rings. The van der Waals surface area contributed by atoms with Gasteiger partial charge in [-0.25, -0.2) is 0 Å². The molecule has 0 aliphatic heterocycles. The largest absolute Gasteiger partial charge is 0.618 e. The lowest BCUT2D eigenvalue weighted by Crippen LogP contribution is -2.24. The molecule has 0 aliphatic carbocycles. The molecule has 1 aromatic rings. The second kappa shape index (κ2) is 2.35. The third-order valence-corrected chi connectivity index (χ3v) is 0.909. The van der Waals surface area contributed by atoms with Crippen molar-refractivity contribution in [3.63, 3.8) is 0 Å². The lowest BCUT2D eigenvalue weighted by Gasteiger charge is -1.95. The standard InChI is InChI=1S/C6H6NO2/c1-9-6-3-2-4-7(8)5-6/h2-4H,1H3. The van der Waals surface area contributed by atoms with Gasteiger partial charge < -0.3 is 9.94 Å². The normalized spacial score (nSPS) is 9.00. The predicted octanol–water partition coefficient (Wildman–Crippen LogP) is 0.129. The molecule has 1 heterocycles. The Morgan fingerprint density at radius 1 is 1.78 bits per heavy atom. The third-order valence-electron chi connectivity index (χ3n) is 0.909. The van der Waals surface area contributed by atoms with E-state index >= 15 is 0 Å². The van der Waals surface area contributed by atoms with Gasteiger partial charge in [0.15, 0.2) is 11.9 Å². The maximum Gasteiger partial charge on any atom is 0.336 e. The Labute approximate surface area is 53.1 Å². The van der Waals surface area contributed by atoms with E-state index in [9.17, 15) is 5.21 Å². The molecule has 1 rings (SSSR count). The minimum absolute atomic E-state index is 0.451. The predicted molar refractivity (Wildman–Crippen MR) is 30.8 cm³/mol. The van der Waals surface area contributed by atoms with Gasteiger partial charge in [0.2, 0.25) is 0 Å². The summed E-state index contributed by atoms with van der Waals surface area (Å²) in [5.74, 6) is 0.451. The van der Waals surface area contributed by atoms with Gasteiger partial charge in [0, 0.05) is 6.07 Å². The van der Waals surface area contributed by atoms with Crippen molar-refractivity contribution in [2.45, 2.75) is 0 Å². The van der Waals surface area contributed by atoms with E-state index < -0.39 is 0 Å².